The first-order chi connectivity index (χ1) is 7.70. The van der Waals surface area contributed by atoms with Crippen molar-refractivity contribution in [3.8, 4) is 0 Å². The third kappa shape index (κ3) is 5.19. The SMILES string of the molecule is Cc1ccccc1CNCCOCC(F)F. The molecular weight excluding hydrogens is 212 g/mol. The number of ether oxygens (including phenoxy) is 1. The number of aryl methyl sites for hydroxylation is 1. The number of rotatable bonds is 7. The van der Waals surface area contributed by atoms with Gasteiger partial charge in [0.15, 0.2) is 0 Å². The van der Waals surface area contributed by atoms with E-state index in [0.717, 1.165) is 6.54 Å². The molecule has 0 aliphatic heterocycles. The molecule has 16 heavy (non-hydrogen) atoms. The Morgan fingerprint density at radius 3 is 2.75 bits per heavy atom. The fourth-order valence-corrected chi connectivity index (χ4v) is 1.35. The van der Waals surface area contributed by atoms with Crippen molar-refractivity contribution in [3.63, 3.8) is 0 Å². The van der Waals surface area contributed by atoms with Crippen LogP contribution >= 0.6 is 0 Å². The Balaban J connectivity index is 2.10. The van der Waals surface area contributed by atoms with E-state index in [-0.39, 0.29) is 0 Å². The summed E-state index contributed by atoms with van der Waals surface area (Å²) in [6.45, 7) is 3.21. The molecule has 0 bridgehead atoms. The summed E-state index contributed by atoms with van der Waals surface area (Å²) in [5.41, 5.74) is 2.44. The van der Waals surface area contributed by atoms with Crippen molar-refractivity contribution < 1.29 is 13.5 Å². The first-order valence-corrected chi connectivity index (χ1v) is 5.31. The van der Waals surface area contributed by atoms with Gasteiger partial charge in [-0.1, -0.05) is 24.3 Å². The molecule has 0 spiro atoms. The fraction of sp³-hybridized carbons (Fsp3) is 0.500. The molecule has 0 saturated heterocycles. The van der Waals surface area contributed by atoms with Crippen molar-refractivity contribution in [1.29, 1.82) is 0 Å². The van der Waals surface area contributed by atoms with Crippen molar-refractivity contribution in [3.05, 3.63) is 35.4 Å². The normalized spacial score (nSPS) is 11.0. The molecule has 4 heteroatoms. The van der Waals surface area contributed by atoms with Crippen LogP contribution < -0.4 is 5.32 Å². The molecule has 0 fully saturated rings. The molecule has 0 amide bonds. The Kier molecular flexibility index (Phi) is 5.96. The first-order valence-electron chi connectivity index (χ1n) is 5.31. The Hall–Kier alpha value is -1.00. The lowest BCUT2D eigenvalue weighted by atomic mass is 10.1. The Morgan fingerprint density at radius 2 is 2.06 bits per heavy atom. The minimum absolute atomic E-state index is 0.316. The number of nitrogens with one attached hydrogen (secondary N) is 1. The van der Waals surface area contributed by atoms with Crippen molar-refractivity contribution in [2.75, 3.05) is 19.8 Å². The molecule has 0 unspecified atom stereocenters. The molecule has 0 saturated carbocycles. The van der Waals surface area contributed by atoms with Gasteiger partial charge in [0, 0.05) is 13.1 Å². The number of hydrogen-bond acceptors (Lipinski definition) is 2. The van der Waals surface area contributed by atoms with E-state index in [2.05, 4.69) is 5.32 Å². The van der Waals surface area contributed by atoms with E-state index in [1.54, 1.807) is 0 Å². The van der Waals surface area contributed by atoms with E-state index in [1.165, 1.54) is 11.1 Å². The van der Waals surface area contributed by atoms with E-state index >= 15 is 0 Å². The summed E-state index contributed by atoms with van der Waals surface area (Å²) in [6.07, 6.45) is -2.38. The molecule has 0 aliphatic rings. The minimum atomic E-state index is -2.38. The molecule has 2 nitrogen and oxygen atoms in total. The second kappa shape index (κ2) is 7.30. The van der Waals surface area contributed by atoms with Gasteiger partial charge in [-0.25, -0.2) is 8.78 Å². The molecule has 1 N–H and O–H groups in total. The first kappa shape index (κ1) is 13.1. The average Bonchev–Trinajstić information content (AvgIpc) is 2.25. The van der Waals surface area contributed by atoms with Gasteiger partial charge in [-0.15, -0.1) is 0 Å². The maximum Gasteiger partial charge on any atom is 0.261 e. The number of halogens is 2. The predicted molar refractivity (Wildman–Crippen MR) is 59.7 cm³/mol. The van der Waals surface area contributed by atoms with Crippen LogP contribution in [0.25, 0.3) is 0 Å². The zero-order valence-corrected chi connectivity index (χ0v) is 9.38. The molecule has 0 aliphatic carbocycles. The minimum Gasteiger partial charge on any atom is -0.374 e. The van der Waals surface area contributed by atoms with Crippen molar-refractivity contribution in [2.45, 2.75) is 19.9 Å². The van der Waals surface area contributed by atoms with Gasteiger partial charge in [0.05, 0.1) is 6.61 Å². The molecule has 0 atom stereocenters. The Morgan fingerprint density at radius 1 is 1.31 bits per heavy atom. The topological polar surface area (TPSA) is 21.3 Å². The zero-order chi connectivity index (χ0) is 11.8. The fourth-order valence-electron chi connectivity index (χ4n) is 1.35. The van der Waals surface area contributed by atoms with Crippen LogP contribution in [0.4, 0.5) is 8.78 Å². The molecule has 0 heterocycles. The molecule has 90 valence electrons. The van der Waals surface area contributed by atoms with Gasteiger partial charge in [0.25, 0.3) is 6.43 Å². The lowest BCUT2D eigenvalue weighted by Crippen LogP contribution is -2.21. The van der Waals surface area contributed by atoms with E-state index in [0.29, 0.717) is 13.2 Å². The highest BCUT2D eigenvalue weighted by Crippen LogP contribution is 2.05. The van der Waals surface area contributed by atoms with Crippen LogP contribution in [0.1, 0.15) is 11.1 Å². The summed E-state index contributed by atoms with van der Waals surface area (Å²) in [4.78, 5) is 0. The molecule has 1 rings (SSSR count). The maximum atomic E-state index is 11.7. The number of alkyl halides is 2. The van der Waals surface area contributed by atoms with E-state index in [4.69, 9.17) is 4.74 Å². The highest BCUT2D eigenvalue weighted by Gasteiger charge is 2.01. The maximum absolute atomic E-state index is 11.7. The monoisotopic (exact) mass is 229 g/mol. The van der Waals surface area contributed by atoms with E-state index in [9.17, 15) is 8.78 Å². The van der Waals surface area contributed by atoms with Gasteiger partial charge in [-0.05, 0) is 18.1 Å². The van der Waals surface area contributed by atoms with Crippen molar-refractivity contribution in [2.24, 2.45) is 0 Å². The van der Waals surface area contributed by atoms with Crippen LogP contribution in [0.15, 0.2) is 24.3 Å². The zero-order valence-electron chi connectivity index (χ0n) is 9.38. The summed E-state index contributed by atoms with van der Waals surface area (Å²) < 4.78 is 28.2. The molecular formula is C12H17F2NO. The van der Waals surface area contributed by atoms with Gasteiger partial charge in [0.2, 0.25) is 0 Å². The van der Waals surface area contributed by atoms with Crippen LogP contribution in [-0.4, -0.2) is 26.2 Å². The van der Waals surface area contributed by atoms with Gasteiger partial charge in [-0.3, -0.25) is 0 Å². The van der Waals surface area contributed by atoms with E-state index in [1.807, 2.05) is 31.2 Å². The van der Waals surface area contributed by atoms with Gasteiger partial charge >= 0.3 is 0 Å². The summed E-state index contributed by atoms with van der Waals surface area (Å²) in [5, 5.41) is 3.15. The highest BCUT2D eigenvalue weighted by molar-refractivity contribution is 5.25. The second-order valence-corrected chi connectivity index (χ2v) is 3.57. The second-order valence-electron chi connectivity index (χ2n) is 3.57. The molecule has 0 aromatic heterocycles. The van der Waals surface area contributed by atoms with Crippen LogP contribution in [0.3, 0.4) is 0 Å². The van der Waals surface area contributed by atoms with Gasteiger partial charge in [0.1, 0.15) is 6.61 Å². The lowest BCUT2D eigenvalue weighted by Gasteiger charge is -2.07. The van der Waals surface area contributed by atoms with Crippen LogP contribution in [-0.2, 0) is 11.3 Å². The highest BCUT2D eigenvalue weighted by atomic mass is 19.3. The van der Waals surface area contributed by atoms with Gasteiger partial charge < -0.3 is 10.1 Å². The van der Waals surface area contributed by atoms with Crippen LogP contribution in [0.2, 0.25) is 0 Å². The quantitative estimate of drug-likeness (QED) is 0.725. The summed E-state index contributed by atoms with van der Waals surface area (Å²) >= 11 is 0. The number of hydrogen-bond donors (Lipinski definition) is 1. The van der Waals surface area contributed by atoms with Gasteiger partial charge in [-0.2, -0.15) is 0 Å². The van der Waals surface area contributed by atoms with Crippen LogP contribution in [0, 0.1) is 6.92 Å². The summed E-state index contributed by atoms with van der Waals surface area (Å²) in [6, 6.07) is 8.06. The molecule has 0 radical (unpaired) electrons. The largest absolute Gasteiger partial charge is 0.374 e. The summed E-state index contributed by atoms with van der Waals surface area (Å²) in [7, 11) is 0. The van der Waals surface area contributed by atoms with E-state index < -0.39 is 13.0 Å². The van der Waals surface area contributed by atoms with Crippen molar-refractivity contribution in [1.82, 2.24) is 5.32 Å². The Bertz CT molecular complexity index is 305. The van der Waals surface area contributed by atoms with Crippen LogP contribution in [0.5, 0.6) is 0 Å². The standard InChI is InChI=1S/C12H17F2NO/c1-10-4-2-3-5-11(10)8-15-6-7-16-9-12(13)14/h2-5,12,15H,6-9H2,1H3. The molecule has 1 aromatic carbocycles. The smallest absolute Gasteiger partial charge is 0.261 e. The lowest BCUT2D eigenvalue weighted by molar-refractivity contribution is 0.0187. The third-order valence-corrected chi connectivity index (χ3v) is 2.24. The Labute approximate surface area is 94.6 Å². The third-order valence-electron chi connectivity index (χ3n) is 2.24. The summed E-state index contributed by atoms with van der Waals surface area (Å²) in [5.74, 6) is 0. The average molecular weight is 229 g/mol. The molecule has 1 aromatic rings. The number of benzene rings is 1. The van der Waals surface area contributed by atoms with Crippen molar-refractivity contribution >= 4 is 0 Å². The predicted octanol–water partition coefficient (Wildman–Crippen LogP) is 2.37.